The fourth-order valence-electron chi connectivity index (χ4n) is 4.85. The summed E-state index contributed by atoms with van der Waals surface area (Å²) in [5, 5.41) is 11.3. The molecule has 1 unspecified atom stereocenters. The SMILES string of the molecule is CC(C)C[C@H](NC(=O)[C@H](CCc1ccccc1)CP(=O)(O)CCCCNC(=O)Nc1ccccc1)C(=O)Nc1ccccc1. The number of hydrogen-bond donors (Lipinski definition) is 5. The third kappa shape index (κ3) is 13.1. The second-order valence-corrected chi connectivity index (χ2v) is 14.0. The summed E-state index contributed by atoms with van der Waals surface area (Å²) >= 11 is 0. The average molecular weight is 621 g/mol. The summed E-state index contributed by atoms with van der Waals surface area (Å²) in [7, 11) is -3.68. The first-order valence-corrected chi connectivity index (χ1v) is 17.3. The number of carbonyl (C=O) groups excluding carboxylic acids is 3. The molecule has 0 radical (unpaired) electrons. The number of hydrogen-bond acceptors (Lipinski definition) is 4. The van der Waals surface area contributed by atoms with Crippen molar-refractivity contribution in [2.45, 2.75) is 52.0 Å². The van der Waals surface area contributed by atoms with Crippen LogP contribution >= 0.6 is 7.37 Å². The Hall–Kier alpha value is -3.94. The standard InChI is InChI=1S/C34H45N4O5P/c1-26(2)24-31(33(40)36-29-16-8-4-9-17-29)38-32(39)28(21-20-27-14-6-3-7-15-27)25-44(42,43)23-13-12-22-35-34(41)37-30-18-10-5-11-19-30/h3-11,14-19,26,28,31H,12-13,20-25H2,1-2H3,(H,36,40)(H,38,39)(H,42,43)(H2,35,37,41)/t28-,31+/m1/s1. The molecule has 9 nitrogen and oxygen atoms in total. The summed E-state index contributed by atoms with van der Waals surface area (Å²) < 4.78 is 13.3. The molecule has 3 rings (SSSR count). The molecular weight excluding hydrogens is 575 g/mol. The minimum Gasteiger partial charge on any atom is -0.344 e. The molecule has 10 heteroatoms. The maximum atomic E-state index is 13.6. The van der Waals surface area contributed by atoms with Crippen LogP contribution in [0.5, 0.6) is 0 Å². The highest BCUT2D eigenvalue weighted by molar-refractivity contribution is 7.58. The number of urea groups is 1. The first-order chi connectivity index (χ1) is 21.1. The summed E-state index contributed by atoms with van der Waals surface area (Å²) in [6.07, 6.45) is 2.15. The molecule has 0 spiro atoms. The molecule has 3 aromatic rings. The zero-order valence-corrected chi connectivity index (χ0v) is 26.5. The summed E-state index contributed by atoms with van der Waals surface area (Å²) in [6.45, 7) is 4.30. The fraction of sp³-hybridized carbons (Fsp3) is 0.382. The lowest BCUT2D eigenvalue weighted by Crippen LogP contribution is -2.47. The Labute approximate surface area is 260 Å². The first kappa shape index (κ1) is 34.5. The Morgan fingerprint density at radius 2 is 1.34 bits per heavy atom. The quantitative estimate of drug-likeness (QED) is 0.0894. The zero-order valence-electron chi connectivity index (χ0n) is 25.6. The Morgan fingerprint density at radius 1 is 0.773 bits per heavy atom. The third-order valence-corrected chi connectivity index (χ3v) is 9.16. The Kier molecular flexibility index (Phi) is 14.1. The average Bonchev–Trinajstić information content (AvgIpc) is 3.00. The van der Waals surface area contributed by atoms with Crippen LogP contribution < -0.4 is 21.3 Å². The highest BCUT2D eigenvalue weighted by atomic mass is 31.2. The van der Waals surface area contributed by atoms with Gasteiger partial charge in [-0.05, 0) is 67.9 Å². The normalized spacial score (nSPS) is 13.7. The molecule has 0 saturated carbocycles. The molecule has 3 atom stereocenters. The van der Waals surface area contributed by atoms with Gasteiger partial charge in [-0.25, -0.2) is 4.79 Å². The number of aryl methyl sites for hydroxylation is 1. The first-order valence-electron chi connectivity index (χ1n) is 15.2. The van der Waals surface area contributed by atoms with Gasteiger partial charge in [0.2, 0.25) is 19.2 Å². The second-order valence-electron chi connectivity index (χ2n) is 11.5. The molecule has 3 aromatic carbocycles. The number of benzene rings is 3. The van der Waals surface area contributed by atoms with Crippen LogP contribution in [0.3, 0.4) is 0 Å². The molecule has 0 heterocycles. The van der Waals surface area contributed by atoms with Crippen molar-refractivity contribution in [3.05, 3.63) is 96.6 Å². The lowest BCUT2D eigenvalue weighted by Gasteiger charge is -2.25. The van der Waals surface area contributed by atoms with E-state index in [0.29, 0.717) is 50.0 Å². The largest absolute Gasteiger partial charge is 0.344 e. The summed E-state index contributed by atoms with van der Waals surface area (Å²) in [5.74, 6) is -1.34. The van der Waals surface area contributed by atoms with Gasteiger partial charge >= 0.3 is 6.03 Å². The van der Waals surface area contributed by atoms with Gasteiger partial charge in [-0.15, -0.1) is 0 Å². The van der Waals surface area contributed by atoms with Crippen LogP contribution in [0.4, 0.5) is 16.2 Å². The topological polar surface area (TPSA) is 137 Å². The fourth-order valence-corrected chi connectivity index (χ4v) is 6.79. The van der Waals surface area contributed by atoms with Crippen molar-refractivity contribution in [1.82, 2.24) is 10.6 Å². The number of anilines is 2. The molecule has 4 amide bonds. The van der Waals surface area contributed by atoms with Gasteiger partial charge in [-0.2, -0.15) is 0 Å². The van der Waals surface area contributed by atoms with E-state index in [-0.39, 0.29) is 30.2 Å². The predicted octanol–water partition coefficient (Wildman–Crippen LogP) is 6.28. The van der Waals surface area contributed by atoms with Crippen LogP contribution in [-0.2, 0) is 20.6 Å². The van der Waals surface area contributed by atoms with Gasteiger partial charge < -0.3 is 26.2 Å². The van der Waals surface area contributed by atoms with E-state index in [1.165, 1.54) is 0 Å². The maximum absolute atomic E-state index is 13.6. The predicted molar refractivity (Wildman–Crippen MR) is 177 cm³/mol. The molecule has 0 fully saturated rings. The third-order valence-electron chi connectivity index (χ3n) is 7.13. The van der Waals surface area contributed by atoms with Crippen molar-refractivity contribution in [2.24, 2.45) is 11.8 Å². The van der Waals surface area contributed by atoms with E-state index >= 15 is 0 Å². The van der Waals surface area contributed by atoms with Crippen molar-refractivity contribution in [1.29, 1.82) is 0 Å². The molecule has 0 aliphatic heterocycles. The molecule has 0 aliphatic carbocycles. The lowest BCUT2D eigenvalue weighted by atomic mass is 9.98. The number of amides is 4. The van der Waals surface area contributed by atoms with Gasteiger partial charge in [0.1, 0.15) is 6.04 Å². The van der Waals surface area contributed by atoms with E-state index in [1.807, 2.05) is 80.6 Å². The van der Waals surface area contributed by atoms with E-state index in [0.717, 1.165) is 5.56 Å². The maximum Gasteiger partial charge on any atom is 0.319 e. The van der Waals surface area contributed by atoms with Crippen molar-refractivity contribution >= 4 is 36.6 Å². The highest BCUT2D eigenvalue weighted by Crippen LogP contribution is 2.44. The van der Waals surface area contributed by atoms with Crippen molar-refractivity contribution in [2.75, 3.05) is 29.5 Å². The van der Waals surface area contributed by atoms with E-state index in [2.05, 4.69) is 21.3 Å². The van der Waals surface area contributed by atoms with Crippen molar-refractivity contribution in [3.63, 3.8) is 0 Å². The highest BCUT2D eigenvalue weighted by Gasteiger charge is 2.31. The molecule has 0 saturated heterocycles. The van der Waals surface area contributed by atoms with E-state index in [4.69, 9.17) is 0 Å². The van der Waals surface area contributed by atoms with Crippen LogP contribution in [0.2, 0.25) is 0 Å². The summed E-state index contributed by atoms with van der Waals surface area (Å²) in [4.78, 5) is 49.8. The molecule has 44 heavy (non-hydrogen) atoms. The Morgan fingerprint density at radius 3 is 1.93 bits per heavy atom. The van der Waals surface area contributed by atoms with Gasteiger partial charge in [0.05, 0.1) is 0 Å². The number of unbranched alkanes of at least 4 members (excludes halogenated alkanes) is 1. The van der Waals surface area contributed by atoms with Gasteiger partial charge in [-0.1, -0.05) is 80.6 Å². The van der Waals surface area contributed by atoms with E-state index in [9.17, 15) is 23.8 Å². The molecule has 0 aromatic heterocycles. The minimum atomic E-state index is -3.68. The zero-order chi connectivity index (χ0) is 31.8. The van der Waals surface area contributed by atoms with Gasteiger partial charge in [0.25, 0.3) is 0 Å². The van der Waals surface area contributed by atoms with Crippen molar-refractivity contribution in [3.8, 4) is 0 Å². The van der Waals surface area contributed by atoms with Crippen LogP contribution in [0.1, 0.15) is 45.1 Å². The van der Waals surface area contributed by atoms with Gasteiger partial charge in [-0.3, -0.25) is 14.2 Å². The monoisotopic (exact) mass is 620 g/mol. The van der Waals surface area contributed by atoms with E-state index < -0.39 is 25.2 Å². The van der Waals surface area contributed by atoms with Crippen LogP contribution in [0, 0.1) is 11.8 Å². The number of para-hydroxylation sites is 2. The number of rotatable bonds is 17. The summed E-state index contributed by atoms with van der Waals surface area (Å²) in [6, 6.07) is 26.7. The van der Waals surface area contributed by atoms with Crippen molar-refractivity contribution < 1.29 is 23.8 Å². The summed E-state index contributed by atoms with van der Waals surface area (Å²) in [5.41, 5.74) is 2.34. The van der Waals surface area contributed by atoms with Gasteiger partial charge in [0.15, 0.2) is 0 Å². The second kappa shape index (κ2) is 18.0. The van der Waals surface area contributed by atoms with E-state index in [1.54, 1.807) is 24.3 Å². The molecule has 0 aliphatic rings. The van der Waals surface area contributed by atoms with Crippen LogP contribution in [0.25, 0.3) is 0 Å². The van der Waals surface area contributed by atoms with Crippen LogP contribution in [-0.4, -0.2) is 47.6 Å². The molecule has 5 N–H and O–H groups in total. The minimum absolute atomic E-state index is 0.0357. The molecular formula is C34H45N4O5P. The van der Waals surface area contributed by atoms with Crippen LogP contribution in [0.15, 0.2) is 91.0 Å². The lowest BCUT2D eigenvalue weighted by molar-refractivity contribution is -0.129. The number of nitrogens with one attached hydrogen (secondary N) is 4. The molecule has 0 bridgehead atoms. The molecule has 236 valence electrons. The van der Waals surface area contributed by atoms with Gasteiger partial charge in [0, 0.05) is 36.2 Å². The Bertz CT molecular complexity index is 1360. The Balaban J connectivity index is 1.58. The number of carbonyl (C=O) groups is 3. The smallest absolute Gasteiger partial charge is 0.319 e.